The number of nitrogens with zero attached hydrogens (tertiary/aromatic N) is 2. The normalized spacial score (nSPS) is 16.9. The second-order valence-electron chi connectivity index (χ2n) is 13.6. The van der Waals surface area contributed by atoms with Crippen molar-refractivity contribution in [3.63, 3.8) is 0 Å². The summed E-state index contributed by atoms with van der Waals surface area (Å²) in [4.78, 5) is 27.1. The number of carbonyl (C=O) groups excluding carboxylic acids is 2. The Morgan fingerprint density at radius 1 is 0.737 bits per heavy atom. The first-order valence-electron chi connectivity index (χ1n) is 18.0. The lowest BCUT2D eigenvalue weighted by Gasteiger charge is -2.41. The summed E-state index contributed by atoms with van der Waals surface area (Å²) >= 11 is 0. The van der Waals surface area contributed by atoms with E-state index in [-0.39, 0.29) is 49.1 Å². The Labute approximate surface area is 325 Å². The van der Waals surface area contributed by atoms with Crippen LogP contribution in [0.5, 0.6) is 5.75 Å². The Bertz CT molecular complexity index is 2350. The van der Waals surface area contributed by atoms with Gasteiger partial charge in [0, 0.05) is 30.8 Å². The van der Waals surface area contributed by atoms with Crippen LogP contribution in [0.4, 0.5) is 27.6 Å². The van der Waals surface area contributed by atoms with Crippen LogP contribution in [-0.4, -0.2) is 50.4 Å². The van der Waals surface area contributed by atoms with Gasteiger partial charge >= 0.3 is 5.97 Å². The van der Waals surface area contributed by atoms with E-state index in [0.717, 1.165) is 23.1 Å². The predicted molar refractivity (Wildman–Crippen MR) is 197 cm³/mol. The Balaban J connectivity index is 1.24. The summed E-state index contributed by atoms with van der Waals surface area (Å²) in [5.41, 5.74) is 3.30. The standard InChI is InChI=1S/C42H35F5N2O7S/c43-35-36(44)38(46)40(39(47)37(35)45)57(52,53)49-19-17-33(49)41(50)48(22-26-11-13-29(14-12-26)30-18-20-54-25-30)31-15-16-32(42(51)56-24-28-9-5-2-6-10-28)34(21-31)55-23-27-7-3-1-4-8-27/h1-16,21,30,33H,17-20,22-25H2/t30?,33-/m1/s1. The van der Waals surface area contributed by atoms with Crippen molar-refractivity contribution < 1.29 is 54.2 Å². The second-order valence-corrected chi connectivity index (χ2v) is 15.4. The van der Waals surface area contributed by atoms with Crippen LogP contribution in [0.25, 0.3) is 0 Å². The molecular formula is C42H35F5N2O7S. The van der Waals surface area contributed by atoms with Crippen molar-refractivity contribution in [3.05, 3.63) is 160 Å². The van der Waals surface area contributed by atoms with Gasteiger partial charge in [-0.2, -0.15) is 4.31 Å². The van der Waals surface area contributed by atoms with Crippen molar-refractivity contribution in [1.29, 1.82) is 0 Å². The number of rotatable bonds is 13. The van der Waals surface area contributed by atoms with Gasteiger partial charge in [-0.1, -0.05) is 84.9 Å². The monoisotopic (exact) mass is 806 g/mol. The number of anilines is 1. The Morgan fingerprint density at radius 3 is 1.93 bits per heavy atom. The van der Waals surface area contributed by atoms with Crippen molar-refractivity contribution in [2.24, 2.45) is 0 Å². The lowest BCUT2D eigenvalue weighted by atomic mass is 9.97. The van der Waals surface area contributed by atoms with E-state index < -0.39 is 68.5 Å². The average molecular weight is 807 g/mol. The fourth-order valence-corrected chi connectivity index (χ4v) is 8.42. The van der Waals surface area contributed by atoms with E-state index in [1.807, 2.05) is 36.4 Å². The van der Waals surface area contributed by atoms with Gasteiger partial charge in [-0.25, -0.2) is 35.2 Å². The van der Waals surface area contributed by atoms with Crippen molar-refractivity contribution in [3.8, 4) is 5.75 Å². The Hall–Kier alpha value is -5.64. The lowest BCUT2D eigenvalue weighted by Crippen LogP contribution is -2.59. The van der Waals surface area contributed by atoms with E-state index in [1.165, 1.54) is 23.1 Å². The zero-order chi connectivity index (χ0) is 40.3. The molecule has 57 heavy (non-hydrogen) atoms. The molecule has 0 radical (unpaired) electrons. The zero-order valence-corrected chi connectivity index (χ0v) is 31.0. The molecule has 0 aliphatic carbocycles. The number of halogens is 5. The molecule has 2 fully saturated rings. The molecule has 15 heteroatoms. The molecule has 2 atom stereocenters. The highest BCUT2D eigenvalue weighted by atomic mass is 32.2. The fraction of sp³-hybridized carbons (Fsp3) is 0.238. The SMILES string of the molecule is O=C(OCc1ccccc1)c1ccc(N(Cc2ccc(C3CCOC3)cc2)C(=O)[C@H]2CCN2S(=O)(=O)c2c(F)c(F)c(F)c(F)c2F)cc1OCc1ccccc1. The number of sulfonamides is 1. The molecule has 2 aliphatic rings. The maximum absolute atomic E-state index is 14.8. The Morgan fingerprint density at radius 2 is 1.35 bits per heavy atom. The van der Waals surface area contributed by atoms with Gasteiger partial charge in [0.25, 0.3) is 0 Å². The minimum atomic E-state index is -5.43. The van der Waals surface area contributed by atoms with Crippen LogP contribution in [0.1, 0.15) is 51.4 Å². The number of hydrogen-bond acceptors (Lipinski definition) is 7. The van der Waals surface area contributed by atoms with Gasteiger partial charge in [0.2, 0.25) is 21.7 Å². The first-order valence-corrected chi connectivity index (χ1v) is 19.4. The molecule has 1 unspecified atom stereocenters. The molecule has 296 valence electrons. The van der Waals surface area contributed by atoms with Crippen LogP contribution in [0.2, 0.25) is 0 Å². The summed E-state index contributed by atoms with van der Waals surface area (Å²) in [7, 11) is -5.43. The first kappa shape index (κ1) is 39.6. The van der Waals surface area contributed by atoms with Gasteiger partial charge in [0.1, 0.15) is 30.6 Å². The summed E-state index contributed by atoms with van der Waals surface area (Å²) in [6.45, 7) is 0.573. The van der Waals surface area contributed by atoms with Crippen molar-refractivity contribution >= 4 is 27.6 Å². The summed E-state index contributed by atoms with van der Waals surface area (Å²) in [5.74, 6) is -13.8. The third kappa shape index (κ3) is 8.27. The molecule has 1 amide bonds. The molecule has 0 bridgehead atoms. The largest absolute Gasteiger partial charge is 0.488 e. The number of ether oxygens (including phenoxy) is 3. The average Bonchev–Trinajstić information content (AvgIpc) is 3.75. The summed E-state index contributed by atoms with van der Waals surface area (Å²) in [6, 6.07) is 28.1. The molecule has 0 saturated carbocycles. The number of hydrogen-bond donors (Lipinski definition) is 0. The third-order valence-electron chi connectivity index (χ3n) is 9.93. The molecule has 0 aromatic heterocycles. The molecule has 0 spiro atoms. The molecule has 9 nitrogen and oxygen atoms in total. The Kier molecular flexibility index (Phi) is 11.7. The lowest BCUT2D eigenvalue weighted by molar-refractivity contribution is -0.125. The number of benzene rings is 5. The highest BCUT2D eigenvalue weighted by Gasteiger charge is 2.48. The van der Waals surface area contributed by atoms with Gasteiger partial charge in [-0.15, -0.1) is 0 Å². The molecule has 2 heterocycles. The summed E-state index contributed by atoms with van der Waals surface area (Å²) < 4.78 is 117. The third-order valence-corrected chi connectivity index (χ3v) is 11.9. The maximum atomic E-state index is 14.8. The first-order chi connectivity index (χ1) is 27.4. The van der Waals surface area contributed by atoms with Crippen molar-refractivity contribution in [2.45, 2.75) is 49.5 Å². The number of amides is 1. The molecular weight excluding hydrogens is 772 g/mol. The number of carbonyl (C=O) groups is 2. The molecule has 0 N–H and O–H groups in total. The molecule has 2 saturated heterocycles. The minimum absolute atomic E-state index is 0.0140. The quantitative estimate of drug-likeness (QED) is 0.0518. The van der Waals surface area contributed by atoms with Crippen LogP contribution < -0.4 is 9.64 Å². The van der Waals surface area contributed by atoms with E-state index >= 15 is 0 Å². The smallest absolute Gasteiger partial charge is 0.342 e. The van der Waals surface area contributed by atoms with Gasteiger partial charge in [-0.05, 0) is 47.2 Å². The van der Waals surface area contributed by atoms with Crippen LogP contribution >= 0.6 is 0 Å². The minimum Gasteiger partial charge on any atom is -0.488 e. The summed E-state index contributed by atoms with van der Waals surface area (Å²) in [6.07, 6.45) is 0.705. The van der Waals surface area contributed by atoms with Crippen molar-refractivity contribution in [1.82, 2.24) is 4.31 Å². The van der Waals surface area contributed by atoms with E-state index in [0.29, 0.717) is 23.1 Å². The molecule has 5 aromatic carbocycles. The van der Waals surface area contributed by atoms with E-state index in [4.69, 9.17) is 14.2 Å². The zero-order valence-electron chi connectivity index (χ0n) is 30.2. The topological polar surface area (TPSA) is 102 Å². The summed E-state index contributed by atoms with van der Waals surface area (Å²) in [5, 5.41) is 0. The highest BCUT2D eigenvalue weighted by Crippen LogP contribution is 2.36. The van der Waals surface area contributed by atoms with E-state index in [1.54, 1.807) is 48.5 Å². The van der Waals surface area contributed by atoms with E-state index in [9.17, 15) is 40.0 Å². The molecule has 5 aromatic rings. The van der Waals surface area contributed by atoms with Crippen LogP contribution in [-0.2, 0) is 44.1 Å². The van der Waals surface area contributed by atoms with Gasteiger partial charge in [0.05, 0.1) is 13.2 Å². The van der Waals surface area contributed by atoms with Crippen LogP contribution in [0.3, 0.4) is 0 Å². The van der Waals surface area contributed by atoms with Crippen molar-refractivity contribution in [2.75, 3.05) is 24.7 Å². The van der Waals surface area contributed by atoms with Gasteiger partial charge in [-0.3, -0.25) is 4.79 Å². The second kappa shape index (κ2) is 16.8. The maximum Gasteiger partial charge on any atom is 0.342 e. The number of esters is 1. The van der Waals surface area contributed by atoms with Gasteiger partial charge in [0.15, 0.2) is 28.2 Å². The van der Waals surface area contributed by atoms with E-state index in [2.05, 4.69) is 0 Å². The molecule has 7 rings (SSSR count). The fourth-order valence-electron chi connectivity index (χ4n) is 6.68. The van der Waals surface area contributed by atoms with Crippen LogP contribution in [0, 0.1) is 29.1 Å². The predicted octanol–water partition coefficient (Wildman–Crippen LogP) is 7.82. The highest BCUT2D eigenvalue weighted by molar-refractivity contribution is 7.89. The van der Waals surface area contributed by atoms with Crippen LogP contribution in [0.15, 0.2) is 108 Å². The molecule has 2 aliphatic heterocycles. The van der Waals surface area contributed by atoms with Gasteiger partial charge < -0.3 is 19.1 Å².